The van der Waals surface area contributed by atoms with Crippen molar-refractivity contribution in [3.05, 3.63) is 202 Å². The first-order valence-corrected chi connectivity index (χ1v) is 29.1. The largest absolute Gasteiger partial charge is 0.483 e. The highest BCUT2D eigenvalue weighted by Crippen LogP contribution is 2.62. The van der Waals surface area contributed by atoms with Crippen LogP contribution in [0.5, 0.6) is 5.75 Å². The summed E-state index contributed by atoms with van der Waals surface area (Å²) < 4.78 is 24.0. The van der Waals surface area contributed by atoms with Crippen molar-refractivity contribution in [2.24, 2.45) is 11.3 Å². The fourth-order valence-corrected chi connectivity index (χ4v) is 16.4. The van der Waals surface area contributed by atoms with Gasteiger partial charge in [-0.05, 0) is 143 Å². The van der Waals surface area contributed by atoms with Gasteiger partial charge in [-0.1, -0.05) is 195 Å². The predicted molar refractivity (Wildman–Crippen MR) is 306 cm³/mol. The molecule has 72 heavy (non-hydrogen) atoms. The molecule has 7 aromatic carbocycles. The number of ether oxygens (including phenoxy) is 1. The first-order chi connectivity index (χ1) is 34.7. The zero-order valence-electron chi connectivity index (χ0n) is 43.4. The molecule has 2 unspecified atom stereocenters. The molecule has 8 aromatic rings. The molecule has 0 spiro atoms. The molecule has 3 aliphatic carbocycles. The molecule has 4 aliphatic rings. The van der Waals surface area contributed by atoms with Crippen LogP contribution in [0, 0.1) is 11.3 Å². The molecule has 0 radical (unpaired) electrons. The Balaban J connectivity index is 1.22. The van der Waals surface area contributed by atoms with Crippen LogP contribution < -0.4 is 15.3 Å². The van der Waals surface area contributed by atoms with E-state index in [1.54, 1.807) is 0 Å². The molecule has 1 aliphatic heterocycles. The highest BCUT2D eigenvalue weighted by molar-refractivity contribution is 7.76. The fraction of sp³-hybridized carbons (Fsp3) is 0.313. The molecule has 5 heteroatoms. The lowest BCUT2D eigenvalue weighted by molar-refractivity contribution is 0.118. The van der Waals surface area contributed by atoms with E-state index in [-0.39, 0.29) is 28.3 Å². The zero-order chi connectivity index (χ0) is 49.5. The monoisotopic (exact) mass is 982 g/mol. The third-order valence-electron chi connectivity index (χ3n) is 16.3. The minimum absolute atomic E-state index is 0.0670. The average Bonchev–Trinajstić information content (AvgIpc) is 3.57. The minimum atomic E-state index is -1.85. The Hall–Kier alpha value is -5.85. The maximum Gasteiger partial charge on any atom is 0.256 e. The van der Waals surface area contributed by atoms with Crippen molar-refractivity contribution >= 4 is 48.5 Å². The van der Waals surface area contributed by atoms with E-state index in [2.05, 4.69) is 213 Å². The topological polar surface area (TPSA) is 35.5 Å². The van der Waals surface area contributed by atoms with Crippen LogP contribution in [-0.4, -0.2) is 6.10 Å². The van der Waals surface area contributed by atoms with Crippen LogP contribution in [0.4, 0.5) is 0 Å². The summed E-state index contributed by atoms with van der Waals surface area (Å²) in [6.07, 6.45) is 13.8. The van der Waals surface area contributed by atoms with Gasteiger partial charge in [0.1, 0.15) is 28.3 Å². The van der Waals surface area contributed by atoms with Crippen LogP contribution in [0.1, 0.15) is 114 Å². The van der Waals surface area contributed by atoms with Crippen LogP contribution in [0.2, 0.25) is 0 Å². The van der Waals surface area contributed by atoms with E-state index in [9.17, 15) is 0 Å². The summed E-state index contributed by atoms with van der Waals surface area (Å²) in [7, 11) is -2.82. The first-order valence-electron chi connectivity index (χ1n) is 26.6. The second kappa shape index (κ2) is 18.3. The zero-order valence-corrected chi connectivity index (χ0v) is 45.2. The number of aryl methyl sites for hydroxylation is 4. The molecule has 0 bridgehead atoms. The van der Waals surface area contributed by atoms with Crippen molar-refractivity contribution < 1.29 is 13.1 Å². The van der Waals surface area contributed by atoms with Crippen LogP contribution >= 0.6 is 15.9 Å². The molecule has 364 valence electrons. The van der Waals surface area contributed by atoms with Gasteiger partial charge in [0.15, 0.2) is 0 Å². The third kappa shape index (κ3) is 8.24. The smallest absolute Gasteiger partial charge is 0.256 e. The summed E-state index contributed by atoms with van der Waals surface area (Å²) in [5.41, 5.74) is 15.6. The number of benzene rings is 7. The molecular weight excluding hydrogens is 915 g/mol. The summed E-state index contributed by atoms with van der Waals surface area (Å²) in [6.45, 7) is 19.1. The lowest BCUT2D eigenvalue weighted by Crippen LogP contribution is -2.47. The van der Waals surface area contributed by atoms with Gasteiger partial charge in [-0.25, -0.2) is 0 Å². The van der Waals surface area contributed by atoms with Gasteiger partial charge in [0.25, 0.3) is 8.01 Å². The molecule has 0 saturated carbocycles. The highest BCUT2D eigenvalue weighted by atomic mass is 31.1. The molecule has 3 nitrogen and oxygen atoms in total. The Kier molecular flexibility index (Phi) is 12.0. The van der Waals surface area contributed by atoms with Gasteiger partial charge in [-0.15, -0.1) is 0 Å². The lowest BCUT2D eigenvalue weighted by atomic mass is 9.64. The van der Waals surface area contributed by atoms with E-state index in [0.29, 0.717) is 0 Å². The molecule has 12 rings (SSSR count). The minimum Gasteiger partial charge on any atom is -0.483 e. The normalized spacial score (nSPS) is 18.3. The maximum atomic E-state index is 8.01. The standard InChI is InChI=1S/C67H68O3P2/c1-65(2,3)47-39-55-63(57(41-47)71(49-31-17-11-18-32-49)50-33-19-12-20-34-50)68-64-56(67(55,7)8)40-48(66(4,5)6)42-58(64)72-69-61-53(43-25-13-9-14-26-43)37-45-29-21-23-35-51(45)59(61)60-52-36-24-22-30-46(52)38-54(62(60)70-72)44-27-15-10-16-28-44/h9-20,25-28,31-34,37-42,55,63H,21-24,29-30,35-36H2,1-8H3. The van der Waals surface area contributed by atoms with E-state index in [4.69, 9.17) is 13.1 Å². The maximum absolute atomic E-state index is 8.01. The van der Waals surface area contributed by atoms with Crippen molar-refractivity contribution in [3.8, 4) is 33.3 Å². The number of rotatable bonds is 6. The SMILES string of the molecule is CC(C)(C)C1=CC2C(Oc3c(-p4oc5c(-c6ccccc6)cc6c(c5c5c7c(cc(-c8ccccc8)c5o4)CCCC7)CCCC6)cc(C(C)(C)C)cc3C2(C)C)C(P(c2ccccc2)c2ccccc2)=C1. The molecule has 2 heterocycles. The second-order valence-corrected chi connectivity index (χ2v) is 27.1. The van der Waals surface area contributed by atoms with E-state index in [1.807, 2.05) is 0 Å². The van der Waals surface area contributed by atoms with Gasteiger partial charge in [0.05, 0.1) is 0 Å². The number of hydrogen-bond donors (Lipinski definition) is 0. The third-order valence-corrected chi connectivity index (χ3v) is 20.3. The molecule has 2 atom stereocenters. The molecule has 1 aromatic heterocycles. The van der Waals surface area contributed by atoms with Gasteiger partial charge >= 0.3 is 0 Å². The van der Waals surface area contributed by atoms with Crippen molar-refractivity contribution in [2.45, 2.75) is 124 Å². The predicted octanol–water partition coefficient (Wildman–Crippen LogP) is 18.3. The Bertz CT molecular complexity index is 3320. The van der Waals surface area contributed by atoms with Crippen LogP contribution in [0.15, 0.2) is 177 Å². The number of hydrogen-bond acceptors (Lipinski definition) is 3. The summed E-state index contributed by atoms with van der Waals surface area (Å²) in [6, 6.07) is 54.2. The molecule has 0 N–H and O–H groups in total. The summed E-state index contributed by atoms with van der Waals surface area (Å²) in [4.78, 5) is 0. The van der Waals surface area contributed by atoms with Gasteiger partial charge < -0.3 is 13.1 Å². The van der Waals surface area contributed by atoms with E-state index in [0.717, 1.165) is 71.9 Å². The van der Waals surface area contributed by atoms with Crippen LogP contribution in [0.3, 0.4) is 0 Å². The fourth-order valence-electron chi connectivity index (χ4n) is 12.3. The van der Waals surface area contributed by atoms with Gasteiger partial charge in [0, 0.05) is 44.1 Å². The second-order valence-electron chi connectivity index (χ2n) is 23.5. The van der Waals surface area contributed by atoms with Gasteiger partial charge in [-0.3, -0.25) is 0 Å². The van der Waals surface area contributed by atoms with Crippen molar-refractivity contribution in [1.29, 1.82) is 0 Å². The summed E-state index contributed by atoms with van der Waals surface area (Å²) in [5.74, 6) is 0.982. The summed E-state index contributed by atoms with van der Waals surface area (Å²) in [5, 5.41) is 7.55. The Morgan fingerprint density at radius 1 is 0.556 bits per heavy atom. The van der Waals surface area contributed by atoms with Crippen molar-refractivity contribution in [2.75, 3.05) is 0 Å². The average molecular weight is 983 g/mol. The molecule has 0 fully saturated rings. The van der Waals surface area contributed by atoms with Crippen molar-refractivity contribution in [3.63, 3.8) is 0 Å². The van der Waals surface area contributed by atoms with Crippen LogP contribution in [0.25, 0.3) is 49.5 Å². The molecular formula is C67H68O3P2. The first kappa shape index (κ1) is 47.2. The van der Waals surface area contributed by atoms with E-state index < -0.39 is 15.9 Å². The Morgan fingerprint density at radius 3 is 1.50 bits per heavy atom. The lowest BCUT2D eigenvalue weighted by Gasteiger charge is -2.49. The van der Waals surface area contributed by atoms with E-state index in [1.165, 1.54) is 89.6 Å². The van der Waals surface area contributed by atoms with Gasteiger partial charge in [-0.2, -0.15) is 0 Å². The summed E-state index contributed by atoms with van der Waals surface area (Å²) >= 11 is 0. The van der Waals surface area contributed by atoms with Crippen molar-refractivity contribution in [1.82, 2.24) is 0 Å². The number of allylic oxidation sites excluding steroid dienone is 2. The highest BCUT2D eigenvalue weighted by Gasteiger charge is 2.50. The number of fused-ring (bicyclic) bond motifs is 9. The Morgan fingerprint density at radius 2 is 1.03 bits per heavy atom. The van der Waals surface area contributed by atoms with E-state index >= 15 is 0 Å². The quantitative estimate of drug-likeness (QED) is 0.156. The van der Waals surface area contributed by atoms with Crippen LogP contribution in [-0.2, 0) is 36.5 Å². The molecule has 0 saturated heterocycles. The molecule has 0 amide bonds. The van der Waals surface area contributed by atoms with Gasteiger partial charge in [0.2, 0.25) is 0 Å². The Labute approximate surface area is 429 Å².